The molecular formula is C25H24FN3O6. The van der Waals surface area contributed by atoms with Crippen molar-refractivity contribution in [1.82, 2.24) is 10.2 Å². The number of hydrogen-bond acceptors (Lipinski definition) is 6. The number of hydrogen-bond donors (Lipinski definition) is 2. The zero-order valence-corrected chi connectivity index (χ0v) is 19.1. The fourth-order valence-electron chi connectivity index (χ4n) is 4.64. The SMILES string of the molecule is CC1(c2ccc(NC(=O)OCc3ccc4c(c3)C(=O)N(C3CCC(=O)NC3=O)C4)cc2F)COC1. The highest BCUT2D eigenvalue weighted by atomic mass is 19.1. The van der Waals surface area contributed by atoms with Crippen LogP contribution in [0.25, 0.3) is 0 Å². The van der Waals surface area contributed by atoms with Gasteiger partial charge in [-0.25, -0.2) is 9.18 Å². The van der Waals surface area contributed by atoms with Crippen molar-refractivity contribution in [3.05, 3.63) is 64.5 Å². The number of fused-ring (bicyclic) bond motifs is 1. The molecule has 2 saturated heterocycles. The number of piperidine rings is 1. The van der Waals surface area contributed by atoms with Crippen molar-refractivity contribution in [3.8, 4) is 0 Å². The smallest absolute Gasteiger partial charge is 0.411 e. The molecule has 0 radical (unpaired) electrons. The fraction of sp³-hybridized carbons (Fsp3) is 0.360. The van der Waals surface area contributed by atoms with Gasteiger partial charge >= 0.3 is 6.09 Å². The summed E-state index contributed by atoms with van der Waals surface area (Å²) in [5.41, 5.74) is 2.23. The lowest BCUT2D eigenvalue weighted by atomic mass is 9.80. The van der Waals surface area contributed by atoms with E-state index in [4.69, 9.17) is 9.47 Å². The average Bonchev–Trinajstić information content (AvgIpc) is 3.12. The minimum atomic E-state index is -0.757. The summed E-state index contributed by atoms with van der Waals surface area (Å²) in [6.07, 6.45) is -0.285. The van der Waals surface area contributed by atoms with Crippen molar-refractivity contribution < 1.29 is 33.0 Å². The van der Waals surface area contributed by atoms with Gasteiger partial charge < -0.3 is 14.4 Å². The van der Waals surface area contributed by atoms with Gasteiger partial charge in [-0.15, -0.1) is 0 Å². The molecule has 35 heavy (non-hydrogen) atoms. The second-order valence-electron chi connectivity index (χ2n) is 9.34. The number of halogens is 1. The van der Waals surface area contributed by atoms with Crippen molar-refractivity contribution in [3.63, 3.8) is 0 Å². The van der Waals surface area contributed by atoms with Crippen molar-refractivity contribution in [2.75, 3.05) is 18.5 Å². The number of benzene rings is 2. The maximum absolute atomic E-state index is 14.5. The van der Waals surface area contributed by atoms with E-state index in [2.05, 4.69) is 10.6 Å². The Morgan fingerprint density at radius 2 is 2.03 bits per heavy atom. The highest BCUT2D eigenvalue weighted by molar-refractivity contribution is 6.05. The molecule has 0 aliphatic carbocycles. The van der Waals surface area contributed by atoms with Crippen LogP contribution < -0.4 is 10.6 Å². The molecule has 0 aromatic heterocycles. The molecule has 2 aromatic carbocycles. The van der Waals surface area contributed by atoms with Gasteiger partial charge in [0.2, 0.25) is 11.8 Å². The summed E-state index contributed by atoms with van der Waals surface area (Å²) in [6.45, 7) is 3.00. The van der Waals surface area contributed by atoms with Crippen LogP contribution in [0, 0.1) is 5.82 Å². The van der Waals surface area contributed by atoms with Gasteiger partial charge in [-0.2, -0.15) is 0 Å². The van der Waals surface area contributed by atoms with E-state index in [1.54, 1.807) is 30.3 Å². The second-order valence-corrected chi connectivity index (χ2v) is 9.34. The maximum Gasteiger partial charge on any atom is 0.411 e. The Bertz CT molecular complexity index is 1240. The van der Waals surface area contributed by atoms with Crippen molar-refractivity contribution >= 4 is 29.5 Å². The lowest BCUT2D eigenvalue weighted by molar-refractivity contribution is -0.136. The van der Waals surface area contributed by atoms with E-state index in [0.29, 0.717) is 29.9 Å². The predicted molar refractivity (Wildman–Crippen MR) is 121 cm³/mol. The fourth-order valence-corrected chi connectivity index (χ4v) is 4.64. The Morgan fingerprint density at radius 1 is 1.23 bits per heavy atom. The third-order valence-corrected chi connectivity index (χ3v) is 6.67. The lowest BCUT2D eigenvalue weighted by Crippen LogP contribution is -2.52. The van der Waals surface area contributed by atoms with Gasteiger partial charge in [-0.1, -0.05) is 25.1 Å². The van der Waals surface area contributed by atoms with Gasteiger partial charge in [0.25, 0.3) is 5.91 Å². The molecular weight excluding hydrogens is 457 g/mol. The van der Waals surface area contributed by atoms with Crippen molar-refractivity contribution in [2.24, 2.45) is 0 Å². The average molecular weight is 481 g/mol. The number of carbonyl (C=O) groups is 4. The Balaban J connectivity index is 1.19. The van der Waals surface area contributed by atoms with Crippen molar-refractivity contribution in [1.29, 1.82) is 0 Å². The van der Waals surface area contributed by atoms with Crippen molar-refractivity contribution in [2.45, 2.75) is 44.4 Å². The first-order chi connectivity index (χ1) is 16.7. The van der Waals surface area contributed by atoms with E-state index in [9.17, 15) is 23.6 Å². The summed E-state index contributed by atoms with van der Waals surface area (Å²) in [6, 6.07) is 8.93. The number of nitrogens with zero attached hydrogens (tertiary/aromatic N) is 1. The molecule has 9 nitrogen and oxygen atoms in total. The van der Waals surface area contributed by atoms with E-state index < -0.39 is 23.9 Å². The molecule has 1 atom stereocenters. The van der Waals surface area contributed by atoms with Crippen LogP contribution in [-0.2, 0) is 37.6 Å². The summed E-state index contributed by atoms with van der Waals surface area (Å²) >= 11 is 0. The topological polar surface area (TPSA) is 114 Å². The molecule has 4 amide bonds. The highest BCUT2D eigenvalue weighted by Crippen LogP contribution is 2.34. The first-order valence-electron chi connectivity index (χ1n) is 11.3. The van der Waals surface area contributed by atoms with E-state index >= 15 is 0 Å². The number of rotatable bonds is 5. The van der Waals surface area contributed by atoms with Crippen LogP contribution in [-0.4, -0.2) is 48.0 Å². The molecule has 182 valence electrons. The number of amides is 4. The largest absolute Gasteiger partial charge is 0.444 e. The summed E-state index contributed by atoms with van der Waals surface area (Å²) in [5, 5.41) is 4.78. The van der Waals surface area contributed by atoms with Crippen LogP contribution >= 0.6 is 0 Å². The molecule has 2 N–H and O–H groups in total. The van der Waals surface area contributed by atoms with E-state index in [-0.39, 0.29) is 48.9 Å². The monoisotopic (exact) mass is 481 g/mol. The lowest BCUT2D eigenvalue weighted by Gasteiger charge is -2.38. The summed E-state index contributed by atoms with van der Waals surface area (Å²) in [7, 11) is 0. The van der Waals surface area contributed by atoms with E-state index in [0.717, 1.165) is 5.56 Å². The molecule has 3 heterocycles. The molecule has 1 unspecified atom stereocenters. The van der Waals surface area contributed by atoms with E-state index in [1.165, 1.54) is 11.0 Å². The molecule has 0 bridgehead atoms. The number of imide groups is 1. The first kappa shape index (κ1) is 23.0. The Morgan fingerprint density at radius 3 is 2.71 bits per heavy atom. The zero-order chi connectivity index (χ0) is 24.7. The molecule has 10 heteroatoms. The van der Waals surface area contributed by atoms with Crippen LogP contribution in [0.4, 0.5) is 14.9 Å². The molecule has 3 aliphatic rings. The molecule has 3 aliphatic heterocycles. The molecule has 2 aromatic rings. The quantitative estimate of drug-likeness (QED) is 0.635. The predicted octanol–water partition coefficient (Wildman–Crippen LogP) is 2.62. The van der Waals surface area contributed by atoms with Gasteiger partial charge in [0.05, 0.1) is 13.2 Å². The number of nitrogens with one attached hydrogen (secondary N) is 2. The van der Waals surface area contributed by atoms with Crippen LogP contribution in [0.2, 0.25) is 0 Å². The van der Waals surface area contributed by atoms with E-state index in [1.807, 2.05) is 6.92 Å². The number of carbonyl (C=O) groups excluding carboxylic acids is 4. The third-order valence-electron chi connectivity index (χ3n) is 6.67. The Kier molecular flexibility index (Phi) is 5.76. The zero-order valence-electron chi connectivity index (χ0n) is 19.1. The normalized spacial score (nSPS) is 20.7. The van der Waals surface area contributed by atoms with Crippen LogP contribution in [0.5, 0.6) is 0 Å². The van der Waals surface area contributed by atoms with Crippen LogP contribution in [0.15, 0.2) is 36.4 Å². The van der Waals surface area contributed by atoms with Crippen LogP contribution in [0.1, 0.15) is 46.8 Å². The highest BCUT2D eigenvalue weighted by Gasteiger charge is 2.39. The maximum atomic E-state index is 14.5. The minimum absolute atomic E-state index is 0.0964. The Labute approximate surface area is 200 Å². The number of anilines is 1. The first-order valence-corrected chi connectivity index (χ1v) is 11.3. The summed E-state index contributed by atoms with van der Waals surface area (Å²) in [5.74, 6) is -1.54. The van der Waals surface area contributed by atoms with Gasteiger partial charge in [-0.05, 0) is 41.3 Å². The molecule has 0 spiro atoms. The minimum Gasteiger partial charge on any atom is -0.444 e. The van der Waals surface area contributed by atoms with Crippen LogP contribution in [0.3, 0.4) is 0 Å². The van der Waals surface area contributed by atoms with Gasteiger partial charge in [0.1, 0.15) is 18.5 Å². The summed E-state index contributed by atoms with van der Waals surface area (Å²) in [4.78, 5) is 50.2. The molecule has 0 saturated carbocycles. The standard InChI is InChI=1S/C25H24FN3O6/c1-25(12-34-13-25)18-5-4-16(9-19(18)26)27-24(33)35-11-14-2-3-15-10-29(23(32)17(15)8-14)20-6-7-21(30)28-22(20)31/h2-5,8-9,20H,6-7,10-13H2,1H3,(H,27,33)(H,28,30,31). The summed E-state index contributed by atoms with van der Waals surface area (Å²) < 4.78 is 25.0. The Hall–Kier alpha value is -3.79. The van der Waals surface area contributed by atoms with Gasteiger partial charge in [-0.3, -0.25) is 25.0 Å². The molecule has 5 rings (SSSR count). The third kappa shape index (κ3) is 4.37. The van der Waals surface area contributed by atoms with Gasteiger partial charge in [0, 0.05) is 29.6 Å². The molecule has 2 fully saturated rings. The van der Waals surface area contributed by atoms with Gasteiger partial charge in [0.15, 0.2) is 0 Å². The second kappa shape index (κ2) is 8.77. The number of ether oxygens (including phenoxy) is 2.